The summed E-state index contributed by atoms with van der Waals surface area (Å²) in [5.41, 5.74) is 2.24. The average Bonchev–Trinajstić information content (AvgIpc) is 3.40. The van der Waals surface area contributed by atoms with Crippen molar-refractivity contribution in [3.8, 4) is 11.3 Å². The molecule has 0 aliphatic heterocycles. The van der Waals surface area contributed by atoms with E-state index in [0.717, 1.165) is 22.1 Å². The molecule has 3 heterocycles. The lowest BCUT2D eigenvalue weighted by atomic mass is 10.2. The van der Waals surface area contributed by atoms with Crippen LogP contribution in [0.15, 0.2) is 61.1 Å². The molecule has 2 amide bonds. The van der Waals surface area contributed by atoms with Gasteiger partial charge < -0.3 is 20.1 Å². The van der Waals surface area contributed by atoms with E-state index in [0.29, 0.717) is 11.3 Å². The molecular weight excluding hydrogens is 453 g/mol. The van der Waals surface area contributed by atoms with Crippen LogP contribution in [0.5, 0.6) is 0 Å². The van der Waals surface area contributed by atoms with Gasteiger partial charge in [0, 0.05) is 36.8 Å². The molecule has 1 unspecified atom stereocenters. The Balaban J connectivity index is 1.52. The van der Waals surface area contributed by atoms with E-state index in [9.17, 15) is 22.8 Å². The number of nitrogens with zero attached hydrogens (tertiary/aromatic N) is 4. The first-order valence-corrected chi connectivity index (χ1v) is 10.0. The Bertz CT molecular complexity index is 1350. The molecule has 0 saturated carbocycles. The van der Waals surface area contributed by atoms with Gasteiger partial charge in [0.2, 0.25) is 0 Å². The number of aliphatic hydroxyl groups is 1. The molecular formula is C22H19F3N6O3. The number of nitrogens with one attached hydrogen (secondary N) is 2. The number of aryl methyl sites for hydroxylation is 1. The van der Waals surface area contributed by atoms with E-state index in [4.69, 9.17) is 5.11 Å². The van der Waals surface area contributed by atoms with E-state index in [1.165, 1.54) is 7.05 Å². The number of imidazole rings is 1. The van der Waals surface area contributed by atoms with Gasteiger partial charge in [-0.3, -0.25) is 14.3 Å². The second-order valence-corrected chi connectivity index (χ2v) is 7.43. The number of amides is 2. The Kier molecular flexibility index (Phi) is 6.07. The average molecular weight is 472 g/mol. The molecule has 1 atom stereocenters. The van der Waals surface area contributed by atoms with Crippen LogP contribution in [-0.2, 0) is 7.05 Å². The molecule has 0 radical (unpaired) electrons. The fourth-order valence-corrected chi connectivity index (χ4v) is 3.27. The first-order chi connectivity index (χ1) is 16.1. The van der Waals surface area contributed by atoms with Crippen molar-refractivity contribution in [2.75, 3.05) is 11.9 Å². The molecule has 0 aliphatic carbocycles. The minimum absolute atomic E-state index is 0.160. The highest BCUT2D eigenvalue weighted by Crippen LogP contribution is 2.22. The summed E-state index contributed by atoms with van der Waals surface area (Å²) in [6, 6.07) is 12.8. The molecule has 12 heteroatoms. The summed E-state index contributed by atoms with van der Waals surface area (Å²) in [4.78, 5) is 29.8. The lowest BCUT2D eigenvalue weighted by Crippen LogP contribution is -2.41. The van der Waals surface area contributed by atoms with Crippen molar-refractivity contribution in [1.29, 1.82) is 0 Å². The predicted molar refractivity (Wildman–Crippen MR) is 116 cm³/mol. The largest absolute Gasteiger partial charge is 0.416 e. The SMILES string of the molecule is Cn1ncc(C(=O)NCC(O)C(F)(F)F)c1C(=O)Nc1ccn2cc(-c3ccccc3)nc2c1. The monoisotopic (exact) mass is 472 g/mol. The molecule has 0 saturated heterocycles. The van der Waals surface area contributed by atoms with Crippen LogP contribution < -0.4 is 10.6 Å². The van der Waals surface area contributed by atoms with Crippen molar-refractivity contribution in [2.45, 2.75) is 12.3 Å². The molecule has 0 fully saturated rings. The maximum Gasteiger partial charge on any atom is 0.416 e. The van der Waals surface area contributed by atoms with Crippen LogP contribution in [0.3, 0.4) is 0 Å². The van der Waals surface area contributed by atoms with Gasteiger partial charge in [0.05, 0.1) is 24.0 Å². The third kappa shape index (κ3) is 4.76. The molecule has 9 nitrogen and oxygen atoms in total. The number of carbonyl (C=O) groups excluding carboxylic acids is 2. The first-order valence-electron chi connectivity index (χ1n) is 10.0. The third-order valence-electron chi connectivity index (χ3n) is 5.02. The highest BCUT2D eigenvalue weighted by atomic mass is 19.4. The summed E-state index contributed by atoms with van der Waals surface area (Å²) in [6.07, 6.45) is -3.00. The zero-order chi connectivity index (χ0) is 24.5. The molecule has 3 N–H and O–H groups in total. The first kappa shape index (κ1) is 23.0. The van der Waals surface area contributed by atoms with Crippen LogP contribution in [0.2, 0.25) is 0 Å². The number of hydrogen-bond donors (Lipinski definition) is 3. The van der Waals surface area contributed by atoms with E-state index < -0.39 is 30.6 Å². The van der Waals surface area contributed by atoms with Gasteiger partial charge in [-0.15, -0.1) is 0 Å². The number of aromatic nitrogens is 4. The molecule has 0 bridgehead atoms. The minimum atomic E-state index is -4.88. The number of aliphatic hydroxyl groups excluding tert-OH is 1. The van der Waals surface area contributed by atoms with Crippen LogP contribution >= 0.6 is 0 Å². The zero-order valence-electron chi connectivity index (χ0n) is 17.7. The summed E-state index contributed by atoms with van der Waals surface area (Å²) >= 11 is 0. The second kappa shape index (κ2) is 8.98. The number of carbonyl (C=O) groups is 2. The summed E-state index contributed by atoms with van der Waals surface area (Å²) in [6.45, 7) is -1.06. The second-order valence-electron chi connectivity index (χ2n) is 7.43. The molecule has 34 heavy (non-hydrogen) atoms. The molecule has 176 valence electrons. The molecule has 0 aliphatic rings. The van der Waals surface area contributed by atoms with Gasteiger partial charge in [-0.25, -0.2) is 4.98 Å². The number of fused-ring (bicyclic) bond motifs is 1. The van der Waals surface area contributed by atoms with Gasteiger partial charge in [-0.2, -0.15) is 18.3 Å². The third-order valence-corrected chi connectivity index (χ3v) is 5.02. The van der Waals surface area contributed by atoms with Crippen LogP contribution in [0.4, 0.5) is 18.9 Å². The summed E-state index contributed by atoms with van der Waals surface area (Å²) < 4.78 is 40.3. The van der Waals surface area contributed by atoms with Crippen molar-refractivity contribution in [3.63, 3.8) is 0 Å². The molecule has 4 aromatic rings. The lowest BCUT2D eigenvalue weighted by molar-refractivity contribution is -0.201. The van der Waals surface area contributed by atoms with Crippen molar-refractivity contribution in [1.82, 2.24) is 24.5 Å². The van der Waals surface area contributed by atoms with Gasteiger partial charge in [-0.05, 0) is 6.07 Å². The summed E-state index contributed by atoms with van der Waals surface area (Å²) in [5, 5.41) is 17.5. The Morgan fingerprint density at radius 1 is 1.15 bits per heavy atom. The van der Waals surface area contributed by atoms with E-state index in [1.807, 2.05) is 41.8 Å². The Hall–Kier alpha value is -4.19. The van der Waals surface area contributed by atoms with E-state index in [2.05, 4.69) is 15.4 Å². The normalized spacial score (nSPS) is 12.5. The number of alkyl halides is 3. The smallest absolute Gasteiger partial charge is 0.382 e. The Labute approximate surface area is 190 Å². The fraction of sp³-hybridized carbons (Fsp3) is 0.182. The summed E-state index contributed by atoms with van der Waals surface area (Å²) in [5.74, 6) is -1.67. The number of rotatable bonds is 6. The van der Waals surface area contributed by atoms with Crippen molar-refractivity contribution in [3.05, 3.63) is 72.3 Å². The number of halogens is 3. The molecule has 0 spiro atoms. The molecule has 4 rings (SSSR count). The van der Waals surface area contributed by atoms with Gasteiger partial charge >= 0.3 is 6.18 Å². The Morgan fingerprint density at radius 3 is 2.59 bits per heavy atom. The van der Waals surface area contributed by atoms with Crippen molar-refractivity contribution >= 4 is 23.1 Å². The number of hydrogen-bond acceptors (Lipinski definition) is 5. The van der Waals surface area contributed by atoms with Gasteiger partial charge in [0.15, 0.2) is 6.10 Å². The van der Waals surface area contributed by atoms with Crippen LogP contribution in [0.1, 0.15) is 20.8 Å². The van der Waals surface area contributed by atoms with Crippen molar-refractivity contribution < 1.29 is 27.9 Å². The number of pyridine rings is 1. The van der Waals surface area contributed by atoms with Crippen LogP contribution in [0, 0.1) is 0 Å². The standard InChI is InChI=1S/C22H19F3N6O3/c1-30-19(15(10-27-30)20(33)26-11-17(32)22(23,24)25)21(34)28-14-7-8-31-12-16(29-18(31)9-14)13-5-3-2-4-6-13/h2-10,12,17,32H,11H2,1H3,(H,26,33)(H,28,34). The van der Waals surface area contributed by atoms with Crippen LogP contribution in [-0.4, -0.2) is 54.9 Å². The molecule has 1 aromatic carbocycles. The lowest BCUT2D eigenvalue weighted by Gasteiger charge is -2.15. The topological polar surface area (TPSA) is 114 Å². The van der Waals surface area contributed by atoms with Crippen LogP contribution in [0.25, 0.3) is 16.9 Å². The quantitative estimate of drug-likeness (QED) is 0.399. The highest BCUT2D eigenvalue weighted by molar-refractivity contribution is 6.11. The zero-order valence-corrected chi connectivity index (χ0v) is 17.7. The van der Waals surface area contributed by atoms with Gasteiger partial charge in [-0.1, -0.05) is 30.3 Å². The van der Waals surface area contributed by atoms with Gasteiger partial charge in [0.25, 0.3) is 11.8 Å². The number of anilines is 1. The minimum Gasteiger partial charge on any atom is -0.382 e. The van der Waals surface area contributed by atoms with Gasteiger partial charge in [0.1, 0.15) is 11.3 Å². The van der Waals surface area contributed by atoms with E-state index in [-0.39, 0.29) is 11.3 Å². The van der Waals surface area contributed by atoms with E-state index in [1.54, 1.807) is 22.7 Å². The van der Waals surface area contributed by atoms with E-state index >= 15 is 0 Å². The maximum absolute atomic E-state index is 12.9. The highest BCUT2D eigenvalue weighted by Gasteiger charge is 2.38. The summed E-state index contributed by atoms with van der Waals surface area (Å²) in [7, 11) is 1.42. The van der Waals surface area contributed by atoms with Crippen molar-refractivity contribution in [2.24, 2.45) is 7.05 Å². The fourth-order valence-electron chi connectivity index (χ4n) is 3.27. The Morgan fingerprint density at radius 2 is 1.88 bits per heavy atom. The number of benzene rings is 1. The maximum atomic E-state index is 12.9. The predicted octanol–water partition coefficient (Wildman–Crippen LogP) is 2.64. The molecule has 3 aromatic heterocycles.